The van der Waals surface area contributed by atoms with Gasteiger partial charge in [0.05, 0.1) is 48.7 Å². The van der Waals surface area contributed by atoms with Crippen LogP contribution in [0.4, 0.5) is 9.59 Å². The largest absolute Gasteiger partial charge is 0.453 e. The van der Waals surface area contributed by atoms with Crippen LogP contribution in [-0.2, 0) is 24.7 Å². The van der Waals surface area contributed by atoms with E-state index >= 15 is 0 Å². The Morgan fingerprint density at radius 1 is 0.679 bits per heavy atom. The number of imidazole rings is 2. The maximum atomic E-state index is 13.4. The van der Waals surface area contributed by atoms with E-state index in [-0.39, 0.29) is 0 Å². The zero-order chi connectivity index (χ0) is 39.8. The van der Waals surface area contributed by atoms with E-state index in [0.29, 0.717) is 28.5 Å². The van der Waals surface area contributed by atoms with Crippen molar-refractivity contribution >= 4 is 24.0 Å². The molecular weight excluding hydrogens is 715 g/mol. The molecule has 0 fully saturated rings. The summed E-state index contributed by atoms with van der Waals surface area (Å²) in [4.78, 5) is 70.4. The zero-order valence-corrected chi connectivity index (χ0v) is 31.1. The monoisotopic (exact) mass is 755 g/mol. The quantitative estimate of drug-likeness (QED) is 0.0814. The normalized spacial score (nSPS) is 13.6. The number of amides is 4. The molecule has 0 aliphatic rings. The molecule has 6 aromatic rings. The smallest absolute Gasteiger partial charge is 0.407 e. The molecule has 56 heavy (non-hydrogen) atoms. The maximum Gasteiger partial charge on any atom is 0.407 e. The van der Waals surface area contributed by atoms with Crippen molar-refractivity contribution in [3.63, 3.8) is 0 Å². The summed E-state index contributed by atoms with van der Waals surface area (Å²) in [5.41, 5.74) is 9.52. The fraction of sp³-hybridized carbons (Fsp3) is 0.195. The molecule has 1 unspecified atom stereocenters. The third-order valence-corrected chi connectivity index (χ3v) is 9.19. The van der Waals surface area contributed by atoms with Gasteiger partial charge in [-0.2, -0.15) is 0 Å². The van der Waals surface area contributed by atoms with Gasteiger partial charge in [0.1, 0.15) is 17.7 Å². The molecule has 7 N–H and O–H groups in total. The average Bonchev–Trinajstić information content (AvgIpc) is 3.92. The Bertz CT molecular complexity index is 2290. The number of nitrogens with zero attached hydrogens (tertiary/aromatic N) is 3. The molecule has 0 spiro atoms. The Labute approximate surface area is 322 Å². The van der Waals surface area contributed by atoms with Crippen LogP contribution >= 0.6 is 0 Å². The lowest BCUT2D eigenvalue weighted by molar-refractivity contribution is -0.140. The van der Waals surface area contributed by atoms with E-state index in [2.05, 4.69) is 40.9 Å². The fourth-order valence-electron chi connectivity index (χ4n) is 6.04. The number of ether oxygens (including phenoxy) is 2. The van der Waals surface area contributed by atoms with E-state index in [0.717, 1.165) is 28.1 Å². The Balaban J connectivity index is 1.08. The van der Waals surface area contributed by atoms with Gasteiger partial charge in [-0.1, -0.05) is 84.9 Å². The summed E-state index contributed by atoms with van der Waals surface area (Å²) in [7, 11) is 1.24. The van der Waals surface area contributed by atoms with Gasteiger partial charge >= 0.3 is 12.2 Å². The van der Waals surface area contributed by atoms with Gasteiger partial charge < -0.3 is 41.1 Å². The molecular formula is C41H41N9O6. The lowest BCUT2D eigenvalue weighted by atomic mass is 9.94. The van der Waals surface area contributed by atoms with E-state index in [1.807, 2.05) is 42.5 Å². The number of aromatic nitrogens is 5. The first-order chi connectivity index (χ1) is 26.9. The Hall–Kier alpha value is -7.29. The molecule has 15 heteroatoms. The zero-order valence-electron chi connectivity index (χ0n) is 31.1. The lowest BCUT2D eigenvalue weighted by Gasteiger charge is -2.29. The minimum Gasteiger partial charge on any atom is -0.453 e. The number of primary amides is 1. The first-order valence-electron chi connectivity index (χ1n) is 17.7. The average molecular weight is 756 g/mol. The number of nitrogens with two attached hydrogens (primary N) is 1. The number of aromatic amines is 2. The van der Waals surface area contributed by atoms with E-state index in [9.17, 15) is 19.2 Å². The van der Waals surface area contributed by atoms with Crippen LogP contribution in [0.1, 0.15) is 61.7 Å². The summed E-state index contributed by atoms with van der Waals surface area (Å²) >= 11 is 0. The number of carbonyl (C=O) groups excluding carboxylic acids is 4. The van der Waals surface area contributed by atoms with Crippen molar-refractivity contribution in [1.29, 1.82) is 0 Å². The highest BCUT2D eigenvalue weighted by Gasteiger charge is 2.40. The maximum absolute atomic E-state index is 13.4. The van der Waals surface area contributed by atoms with Crippen LogP contribution < -0.4 is 21.7 Å². The minimum atomic E-state index is -1.65. The fourth-order valence-corrected chi connectivity index (χ4v) is 6.04. The van der Waals surface area contributed by atoms with Crippen molar-refractivity contribution in [2.75, 3.05) is 7.11 Å². The number of benzene rings is 3. The van der Waals surface area contributed by atoms with Crippen molar-refractivity contribution < 1.29 is 28.7 Å². The number of alkyl carbamates (subject to hydrolysis) is 1. The SMILES string of the molecule is COC(=O)N[C@@H](C(=O)N[C@@H](C)c1ncc(-c2ccc(-c3ccc(-c4cnc([C@@H](C)NC(=O)C(C)(OC(N)=O)c5ccccc5)[nH]4)cn3)cc2)[nH]1)c1ccccc1. The van der Waals surface area contributed by atoms with Crippen LogP contribution in [0.3, 0.4) is 0 Å². The van der Waals surface area contributed by atoms with Gasteiger partial charge in [0.2, 0.25) is 11.5 Å². The molecule has 15 nitrogen and oxygen atoms in total. The van der Waals surface area contributed by atoms with Gasteiger partial charge in [0.15, 0.2) is 0 Å². The van der Waals surface area contributed by atoms with Crippen molar-refractivity contribution in [2.45, 2.75) is 44.5 Å². The molecule has 4 amide bonds. The number of methoxy groups -OCH3 is 1. The predicted octanol–water partition coefficient (Wildman–Crippen LogP) is 5.99. The predicted molar refractivity (Wildman–Crippen MR) is 207 cm³/mol. The summed E-state index contributed by atoms with van der Waals surface area (Å²) in [6.07, 6.45) is 3.30. The van der Waals surface area contributed by atoms with E-state index in [1.54, 1.807) is 87.0 Å². The summed E-state index contributed by atoms with van der Waals surface area (Å²) in [5, 5.41) is 8.36. The van der Waals surface area contributed by atoms with Crippen molar-refractivity contribution in [3.05, 3.63) is 138 Å². The van der Waals surface area contributed by atoms with Crippen molar-refractivity contribution in [3.8, 4) is 33.8 Å². The molecule has 286 valence electrons. The first-order valence-corrected chi connectivity index (χ1v) is 17.7. The van der Waals surface area contributed by atoms with Crippen LogP contribution in [0, 0.1) is 0 Å². The second kappa shape index (κ2) is 16.8. The number of carbonyl (C=O) groups is 4. The van der Waals surface area contributed by atoms with Gasteiger partial charge in [-0.3, -0.25) is 14.6 Å². The third kappa shape index (κ3) is 8.73. The number of nitrogens with one attached hydrogen (secondary N) is 5. The summed E-state index contributed by atoms with van der Waals surface area (Å²) in [5.74, 6) is 0.0659. The topological polar surface area (TPSA) is 219 Å². The van der Waals surface area contributed by atoms with Crippen molar-refractivity contribution in [1.82, 2.24) is 40.9 Å². The van der Waals surface area contributed by atoms with Crippen LogP contribution in [-0.4, -0.2) is 56.0 Å². The molecule has 3 aromatic heterocycles. The summed E-state index contributed by atoms with van der Waals surface area (Å²) in [6.45, 7) is 5.05. The van der Waals surface area contributed by atoms with E-state index < -0.39 is 47.7 Å². The second-order valence-electron chi connectivity index (χ2n) is 13.1. The number of H-pyrrole nitrogens is 2. The number of rotatable bonds is 13. The number of hydrogen-bond acceptors (Lipinski definition) is 9. The Kier molecular flexibility index (Phi) is 11.5. The van der Waals surface area contributed by atoms with Gasteiger partial charge in [0, 0.05) is 22.9 Å². The second-order valence-corrected chi connectivity index (χ2v) is 13.1. The number of pyridine rings is 1. The van der Waals surface area contributed by atoms with Crippen LogP contribution in [0.5, 0.6) is 0 Å². The number of hydrogen-bond donors (Lipinski definition) is 6. The van der Waals surface area contributed by atoms with Gasteiger partial charge in [-0.15, -0.1) is 0 Å². The van der Waals surface area contributed by atoms with E-state index in [4.69, 9.17) is 15.2 Å². The van der Waals surface area contributed by atoms with Gasteiger partial charge in [0.25, 0.3) is 5.91 Å². The molecule has 4 atom stereocenters. The Morgan fingerprint density at radius 2 is 1.23 bits per heavy atom. The summed E-state index contributed by atoms with van der Waals surface area (Å²) < 4.78 is 10.0. The molecule has 6 rings (SSSR count). The standard InChI is InChI=1S/C41H41N9O6/c1-24(46-37(51)34(50-40(54)55-4)28-11-7-5-8-12-28)35-44-22-32(48-35)27-17-15-26(16-18-27)31-20-19-29(21-43-31)33-23-45-36(49-33)25(2)47-38(52)41(3,56-39(42)53)30-13-9-6-10-14-30/h5-25,34H,1-4H3,(H2,42,53)(H,44,48)(H,45,49)(H,46,51)(H,47,52)(H,50,54)/t24-,25+,34+,41?/m0/s1. The molecule has 0 aliphatic carbocycles. The highest BCUT2D eigenvalue weighted by Crippen LogP contribution is 2.29. The molecule has 0 saturated carbocycles. The van der Waals surface area contributed by atoms with Crippen LogP contribution in [0.2, 0.25) is 0 Å². The highest BCUT2D eigenvalue weighted by molar-refractivity contribution is 5.89. The molecule has 0 bridgehead atoms. The lowest BCUT2D eigenvalue weighted by Crippen LogP contribution is -2.47. The minimum absolute atomic E-state index is 0.415. The van der Waals surface area contributed by atoms with Crippen LogP contribution in [0.15, 0.2) is 116 Å². The molecule has 3 heterocycles. The highest BCUT2D eigenvalue weighted by atomic mass is 16.6. The van der Waals surface area contributed by atoms with Crippen LogP contribution in [0.25, 0.3) is 33.8 Å². The first kappa shape index (κ1) is 38.4. The molecule has 0 saturated heterocycles. The van der Waals surface area contributed by atoms with Gasteiger partial charge in [-0.05, 0) is 44.0 Å². The summed E-state index contributed by atoms with van der Waals surface area (Å²) in [6, 6.07) is 27.2. The Morgan fingerprint density at radius 3 is 1.80 bits per heavy atom. The van der Waals surface area contributed by atoms with E-state index in [1.165, 1.54) is 14.0 Å². The third-order valence-electron chi connectivity index (χ3n) is 9.19. The van der Waals surface area contributed by atoms with Crippen molar-refractivity contribution in [2.24, 2.45) is 5.73 Å². The molecule has 0 aliphatic heterocycles. The molecule has 3 aromatic carbocycles. The van der Waals surface area contributed by atoms with Gasteiger partial charge in [-0.25, -0.2) is 19.6 Å². The molecule has 0 radical (unpaired) electrons.